The van der Waals surface area contributed by atoms with Gasteiger partial charge in [0.25, 0.3) is 0 Å². The van der Waals surface area contributed by atoms with Crippen molar-refractivity contribution >= 4 is 86.8 Å². The number of aliphatic imine (C=N–C) groups is 1. The first kappa shape index (κ1) is 36.2. The lowest BCUT2D eigenvalue weighted by Crippen LogP contribution is -2.39. The van der Waals surface area contributed by atoms with Crippen molar-refractivity contribution in [2.45, 2.75) is 24.8 Å². The summed E-state index contributed by atoms with van der Waals surface area (Å²) >= 11 is 1.92. The van der Waals surface area contributed by atoms with Crippen LogP contribution >= 0.6 is 11.3 Å². The Kier molecular flexibility index (Phi) is 7.91. The molecular weight excluding hydrogens is 785 g/mol. The molecular formula is C58H42N4S. The van der Waals surface area contributed by atoms with Crippen LogP contribution in [-0.4, -0.2) is 27.0 Å². The molecule has 0 bridgehead atoms. The summed E-state index contributed by atoms with van der Waals surface area (Å²) in [6, 6.07) is 66.5. The zero-order valence-electron chi connectivity index (χ0n) is 35.0. The van der Waals surface area contributed by atoms with Crippen molar-refractivity contribution in [3.8, 4) is 16.8 Å². The van der Waals surface area contributed by atoms with Crippen LogP contribution in [0.1, 0.15) is 30.5 Å². The van der Waals surface area contributed by atoms with Crippen molar-refractivity contribution in [3.63, 3.8) is 0 Å². The number of aromatic nitrogens is 2. The lowest BCUT2D eigenvalue weighted by atomic mass is 9.73. The second-order valence-electron chi connectivity index (χ2n) is 17.4. The number of allylic oxidation sites excluding steroid dienone is 2. The SMILES string of the molecule is CN1C(n2c3ccccc3c3cc(-c4ccc5c(c4)c4ccccc4n5-c4ccccc4)ccc32)=Nc2ccccc2C1C1=CC(C)(c2cccc3c2sc2ccccc23)CC=C1. The van der Waals surface area contributed by atoms with Gasteiger partial charge in [0, 0.05) is 65.4 Å². The minimum Gasteiger partial charge on any atom is -0.334 e. The first-order valence-electron chi connectivity index (χ1n) is 21.9. The quantitative estimate of drug-likeness (QED) is 0.174. The summed E-state index contributed by atoms with van der Waals surface area (Å²) in [5, 5.41) is 7.61. The van der Waals surface area contributed by atoms with Crippen LogP contribution in [0.3, 0.4) is 0 Å². The third-order valence-electron chi connectivity index (χ3n) is 13.7. The van der Waals surface area contributed by atoms with E-state index in [1.165, 1.54) is 86.3 Å². The number of benzene rings is 8. The molecule has 0 N–H and O–H groups in total. The van der Waals surface area contributed by atoms with Gasteiger partial charge in [-0.25, -0.2) is 4.99 Å². The molecule has 63 heavy (non-hydrogen) atoms. The van der Waals surface area contributed by atoms with Crippen molar-refractivity contribution in [2.75, 3.05) is 7.05 Å². The second-order valence-corrected chi connectivity index (χ2v) is 18.5. The molecule has 1 aliphatic heterocycles. The molecule has 0 saturated heterocycles. The Labute approximate surface area is 369 Å². The van der Waals surface area contributed by atoms with E-state index >= 15 is 0 Å². The molecule has 5 heteroatoms. The number of nitrogens with zero attached hydrogens (tertiary/aromatic N) is 4. The van der Waals surface area contributed by atoms with Gasteiger partial charge in [-0.05, 0) is 89.3 Å². The highest BCUT2D eigenvalue weighted by Crippen LogP contribution is 2.48. The van der Waals surface area contributed by atoms with Crippen LogP contribution in [0.4, 0.5) is 5.69 Å². The largest absolute Gasteiger partial charge is 0.334 e. The van der Waals surface area contributed by atoms with Crippen LogP contribution in [-0.2, 0) is 5.41 Å². The average molecular weight is 827 g/mol. The monoisotopic (exact) mass is 826 g/mol. The third kappa shape index (κ3) is 5.43. The number of hydrogen-bond acceptors (Lipinski definition) is 3. The highest BCUT2D eigenvalue weighted by atomic mass is 32.1. The molecule has 0 amide bonds. The molecule has 2 aliphatic rings. The molecule has 0 saturated carbocycles. The minimum absolute atomic E-state index is 0.0357. The van der Waals surface area contributed by atoms with Gasteiger partial charge in [0.05, 0.1) is 33.8 Å². The summed E-state index contributed by atoms with van der Waals surface area (Å²) in [7, 11) is 2.23. The van der Waals surface area contributed by atoms with Gasteiger partial charge in [-0.3, -0.25) is 4.57 Å². The van der Waals surface area contributed by atoms with E-state index in [0.717, 1.165) is 29.1 Å². The smallest absolute Gasteiger partial charge is 0.211 e. The predicted molar refractivity (Wildman–Crippen MR) is 267 cm³/mol. The van der Waals surface area contributed by atoms with Gasteiger partial charge < -0.3 is 9.47 Å². The molecule has 1 aliphatic carbocycles. The van der Waals surface area contributed by atoms with E-state index in [0.29, 0.717) is 0 Å². The van der Waals surface area contributed by atoms with Crippen LogP contribution in [0.2, 0.25) is 0 Å². The van der Waals surface area contributed by atoms with E-state index < -0.39 is 0 Å². The molecule has 2 atom stereocenters. The first-order chi connectivity index (χ1) is 31.0. The third-order valence-corrected chi connectivity index (χ3v) is 14.9. The zero-order valence-corrected chi connectivity index (χ0v) is 35.9. The lowest BCUT2D eigenvalue weighted by molar-refractivity contribution is 0.403. The number of para-hydroxylation sites is 4. The first-order valence-corrected chi connectivity index (χ1v) is 22.7. The van der Waals surface area contributed by atoms with Gasteiger partial charge in [0.2, 0.25) is 5.96 Å². The van der Waals surface area contributed by atoms with Gasteiger partial charge in [-0.1, -0.05) is 146 Å². The van der Waals surface area contributed by atoms with E-state index in [9.17, 15) is 0 Å². The number of fused-ring (bicyclic) bond motifs is 10. The molecule has 4 nitrogen and oxygen atoms in total. The summed E-state index contributed by atoms with van der Waals surface area (Å²) < 4.78 is 7.49. The summed E-state index contributed by atoms with van der Waals surface area (Å²) in [4.78, 5) is 7.90. The highest BCUT2D eigenvalue weighted by Gasteiger charge is 2.36. The summed E-state index contributed by atoms with van der Waals surface area (Å²) in [5.41, 5.74) is 13.0. The molecule has 2 unspecified atom stereocenters. The fraction of sp³-hybridized carbons (Fsp3) is 0.0862. The Morgan fingerprint density at radius 3 is 1.92 bits per heavy atom. The van der Waals surface area contributed by atoms with Crippen LogP contribution in [0.25, 0.3) is 80.6 Å². The Morgan fingerprint density at radius 2 is 1.16 bits per heavy atom. The topological polar surface area (TPSA) is 25.5 Å². The van der Waals surface area contributed by atoms with Crippen LogP contribution in [0.5, 0.6) is 0 Å². The van der Waals surface area contributed by atoms with Crippen molar-refractivity contribution in [3.05, 3.63) is 217 Å². The Bertz CT molecular complexity index is 3760. The molecule has 0 spiro atoms. The predicted octanol–water partition coefficient (Wildman–Crippen LogP) is 15.3. The maximum Gasteiger partial charge on any atom is 0.211 e. The summed E-state index contributed by atoms with van der Waals surface area (Å²) in [6.45, 7) is 2.42. The van der Waals surface area contributed by atoms with Crippen LogP contribution < -0.4 is 0 Å². The van der Waals surface area contributed by atoms with Crippen molar-refractivity contribution in [1.82, 2.24) is 14.0 Å². The molecule has 4 heterocycles. The normalized spacial score (nSPS) is 17.6. The minimum atomic E-state index is -0.183. The fourth-order valence-electron chi connectivity index (χ4n) is 10.8. The molecule has 0 fully saturated rings. The standard InChI is InChI=1S/C58H42N4S/c1-58(48-24-14-23-44-43-21-9-13-28-54(43)63-56(44)48)33-15-16-39(36-58)55-45-22-6-10-25-49(45)59-57(60(55)2)62-51-27-12-8-20-42(51)47-35-38(30-32-53(47)62)37-29-31-52-46(34-37)41-19-7-11-26-50(41)61(52)40-17-4-3-5-18-40/h3-32,34-36,55H,33H2,1-2H3. The molecule has 300 valence electrons. The van der Waals surface area contributed by atoms with E-state index in [2.05, 4.69) is 228 Å². The lowest BCUT2D eigenvalue weighted by Gasteiger charge is -2.39. The highest BCUT2D eigenvalue weighted by molar-refractivity contribution is 7.26. The van der Waals surface area contributed by atoms with Crippen LogP contribution in [0.15, 0.2) is 211 Å². The number of likely N-dealkylation sites (N-methyl/N-ethyl adjacent to an activating group) is 1. The molecule has 3 aromatic heterocycles. The summed E-state index contributed by atoms with van der Waals surface area (Å²) in [6.07, 6.45) is 8.25. The van der Waals surface area contributed by atoms with Crippen molar-refractivity contribution in [1.29, 1.82) is 0 Å². The number of thiophene rings is 1. The van der Waals surface area contributed by atoms with Gasteiger partial charge >= 0.3 is 0 Å². The zero-order chi connectivity index (χ0) is 41.8. The Balaban J connectivity index is 0.940. The van der Waals surface area contributed by atoms with Crippen molar-refractivity contribution in [2.24, 2.45) is 4.99 Å². The van der Waals surface area contributed by atoms with Gasteiger partial charge in [-0.15, -0.1) is 11.3 Å². The Morgan fingerprint density at radius 1 is 0.556 bits per heavy atom. The molecule has 0 radical (unpaired) electrons. The van der Waals surface area contributed by atoms with E-state index in [1.54, 1.807) is 0 Å². The maximum atomic E-state index is 5.50. The Hall–Kier alpha value is -7.47. The van der Waals surface area contributed by atoms with Crippen molar-refractivity contribution < 1.29 is 0 Å². The van der Waals surface area contributed by atoms with Gasteiger partial charge in [0.1, 0.15) is 0 Å². The van der Waals surface area contributed by atoms with Gasteiger partial charge in [-0.2, -0.15) is 0 Å². The van der Waals surface area contributed by atoms with E-state index in [-0.39, 0.29) is 11.5 Å². The average Bonchev–Trinajstić information content (AvgIpc) is 3.99. The summed E-state index contributed by atoms with van der Waals surface area (Å²) in [5.74, 6) is 0.918. The maximum absolute atomic E-state index is 5.50. The number of hydrogen-bond donors (Lipinski definition) is 0. The van der Waals surface area contributed by atoms with E-state index in [1.807, 2.05) is 11.3 Å². The van der Waals surface area contributed by atoms with Crippen LogP contribution in [0, 0.1) is 0 Å². The molecule has 11 aromatic rings. The molecule has 13 rings (SSSR count). The molecule has 8 aromatic carbocycles. The fourth-order valence-corrected chi connectivity index (χ4v) is 12.1. The van der Waals surface area contributed by atoms with Gasteiger partial charge in [0.15, 0.2) is 0 Å². The second kappa shape index (κ2) is 13.8. The number of rotatable bonds is 4. The van der Waals surface area contributed by atoms with E-state index in [4.69, 9.17) is 4.99 Å².